The van der Waals surface area contributed by atoms with Crippen molar-refractivity contribution in [2.24, 2.45) is 0 Å². The number of benzene rings is 1. The monoisotopic (exact) mass is 172 g/mol. The minimum Gasteiger partial charge on any atom is -0.374 e. The third kappa shape index (κ3) is 1.63. The van der Waals surface area contributed by atoms with E-state index in [4.69, 9.17) is 11.6 Å². The van der Waals surface area contributed by atoms with Gasteiger partial charge in [-0.15, -0.1) is 0 Å². The molecule has 1 rings (SSSR count). The maximum Gasteiger partial charge on any atom is 0.148 e. The molecule has 0 unspecified atom stereocenters. The molecule has 11 heavy (non-hydrogen) atoms. The van der Waals surface area contributed by atoms with Crippen LogP contribution in [0.25, 0.3) is 0 Å². The molecule has 0 aliphatic heterocycles. The van der Waals surface area contributed by atoms with Gasteiger partial charge in [-0.2, -0.15) is 0 Å². The van der Waals surface area contributed by atoms with Crippen molar-refractivity contribution in [2.75, 3.05) is 19.0 Å². The lowest BCUT2D eigenvalue weighted by atomic mass is 10.3. The number of rotatable bonds is 1. The maximum absolute atomic E-state index is 12.9. The smallest absolute Gasteiger partial charge is 0.148 e. The van der Waals surface area contributed by atoms with Crippen molar-refractivity contribution < 1.29 is 4.39 Å². The maximum atomic E-state index is 12.9. The van der Waals surface area contributed by atoms with E-state index in [-0.39, 0.29) is 5.82 Å². The summed E-state index contributed by atoms with van der Waals surface area (Å²) in [6, 6.07) is 5.40. The Kier molecular flexibility index (Phi) is 2.35. The lowest BCUT2D eigenvalue weighted by molar-refractivity contribution is 0.626. The van der Waals surface area contributed by atoms with Gasteiger partial charge in [-0.05, 0) is 18.2 Å². The fraction of sp³-hybridized carbons (Fsp3) is 0.250. The van der Waals surface area contributed by atoms with Crippen molar-refractivity contribution >= 4 is 17.3 Å². The molecule has 0 N–H and O–H groups in total. The quantitative estimate of drug-likeness (QED) is 0.629. The van der Waals surface area contributed by atoms with Crippen LogP contribution in [-0.4, -0.2) is 14.1 Å². The molecule has 1 radical (unpaired) electrons. The summed E-state index contributed by atoms with van der Waals surface area (Å²) in [7, 11) is 3.48. The van der Waals surface area contributed by atoms with Crippen LogP contribution in [0.5, 0.6) is 0 Å². The molecule has 59 valence electrons. The number of hydrogen-bond acceptors (Lipinski definition) is 1. The van der Waals surface area contributed by atoms with E-state index in [0.29, 0.717) is 10.7 Å². The zero-order valence-corrected chi connectivity index (χ0v) is 7.11. The van der Waals surface area contributed by atoms with Crippen molar-refractivity contribution in [1.82, 2.24) is 0 Å². The summed E-state index contributed by atoms with van der Waals surface area (Å²) >= 11 is 5.71. The first-order valence-electron chi connectivity index (χ1n) is 3.15. The van der Waals surface area contributed by atoms with E-state index in [2.05, 4.69) is 6.07 Å². The van der Waals surface area contributed by atoms with E-state index >= 15 is 0 Å². The predicted molar refractivity (Wildman–Crippen MR) is 44.6 cm³/mol. The lowest BCUT2D eigenvalue weighted by Crippen LogP contribution is -2.11. The third-order valence-electron chi connectivity index (χ3n) is 1.32. The summed E-state index contributed by atoms with van der Waals surface area (Å²) in [6.07, 6.45) is 0. The van der Waals surface area contributed by atoms with Gasteiger partial charge in [-0.1, -0.05) is 11.6 Å². The second-order valence-electron chi connectivity index (χ2n) is 2.39. The Hall–Kier alpha value is -0.760. The molecule has 0 aliphatic rings. The SMILES string of the molecule is CN(C)c1c(F)c[c]cc1Cl. The zero-order chi connectivity index (χ0) is 8.43. The van der Waals surface area contributed by atoms with Gasteiger partial charge in [0.25, 0.3) is 0 Å². The number of anilines is 1. The van der Waals surface area contributed by atoms with E-state index in [0.717, 1.165) is 0 Å². The Balaban J connectivity index is 3.21. The van der Waals surface area contributed by atoms with Gasteiger partial charge in [0, 0.05) is 14.1 Å². The van der Waals surface area contributed by atoms with Crippen LogP contribution in [-0.2, 0) is 0 Å². The van der Waals surface area contributed by atoms with Gasteiger partial charge >= 0.3 is 0 Å². The minimum absolute atomic E-state index is 0.345. The summed E-state index contributed by atoms with van der Waals surface area (Å²) < 4.78 is 12.9. The van der Waals surface area contributed by atoms with Gasteiger partial charge in [0.2, 0.25) is 0 Å². The van der Waals surface area contributed by atoms with E-state index in [1.807, 2.05) is 0 Å². The molecule has 0 aromatic heterocycles. The van der Waals surface area contributed by atoms with Gasteiger partial charge in [-0.3, -0.25) is 0 Å². The molecule has 0 bridgehead atoms. The molecule has 0 aliphatic carbocycles. The number of halogens is 2. The van der Waals surface area contributed by atoms with Crippen LogP contribution in [0.15, 0.2) is 12.1 Å². The van der Waals surface area contributed by atoms with Crippen molar-refractivity contribution in [2.45, 2.75) is 0 Å². The highest BCUT2D eigenvalue weighted by Gasteiger charge is 2.07. The van der Waals surface area contributed by atoms with Gasteiger partial charge in [0.1, 0.15) is 5.82 Å². The highest BCUT2D eigenvalue weighted by Crippen LogP contribution is 2.26. The van der Waals surface area contributed by atoms with Gasteiger partial charge in [0.15, 0.2) is 0 Å². The van der Waals surface area contributed by atoms with E-state index in [9.17, 15) is 4.39 Å². The first kappa shape index (κ1) is 8.34. The molecule has 3 heteroatoms. The second-order valence-corrected chi connectivity index (χ2v) is 2.80. The van der Waals surface area contributed by atoms with Crippen molar-refractivity contribution in [3.63, 3.8) is 0 Å². The molecule has 1 nitrogen and oxygen atoms in total. The zero-order valence-electron chi connectivity index (χ0n) is 6.36. The van der Waals surface area contributed by atoms with Crippen molar-refractivity contribution in [3.05, 3.63) is 29.0 Å². The normalized spacial score (nSPS) is 9.82. The molecule has 1 aromatic carbocycles. The van der Waals surface area contributed by atoms with Crippen molar-refractivity contribution in [3.8, 4) is 0 Å². The average molecular weight is 173 g/mol. The van der Waals surface area contributed by atoms with E-state index < -0.39 is 0 Å². The number of hydrogen-bond donors (Lipinski definition) is 0. The predicted octanol–water partition coefficient (Wildman–Crippen LogP) is 2.35. The summed E-state index contributed by atoms with van der Waals surface area (Å²) in [5.74, 6) is -0.345. The largest absolute Gasteiger partial charge is 0.374 e. The molecule has 0 heterocycles. The van der Waals surface area contributed by atoms with Crippen LogP contribution in [0.3, 0.4) is 0 Å². The Morgan fingerprint density at radius 3 is 2.45 bits per heavy atom. The molecular weight excluding hydrogens is 165 g/mol. The van der Waals surface area contributed by atoms with Crippen LogP contribution in [0, 0.1) is 11.9 Å². The van der Waals surface area contributed by atoms with Crippen LogP contribution < -0.4 is 4.90 Å². The summed E-state index contributed by atoms with van der Waals surface area (Å²) in [5.41, 5.74) is 0.408. The lowest BCUT2D eigenvalue weighted by Gasteiger charge is -2.14. The highest BCUT2D eigenvalue weighted by atomic mass is 35.5. The topological polar surface area (TPSA) is 3.24 Å². The van der Waals surface area contributed by atoms with Crippen LogP contribution in [0.2, 0.25) is 5.02 Å². The average Bonchev–Trinajstić information content (AvgIpc) is 1.85. The molecule has 0 saturated heterocycles. The molecule has 0 spiro atoms. The molecule has 0 saturated carbocycles. The number of nitrogens with zero attached hydrogens (tertiary/aromatic N) is 1. The standard InChI is InChI=1S/C8H8ClFN/c1-11(2)8-6(9)4-3-5-7(8)10/h4-5H,1-2H3. The van der Waals surface area contributed by atoms with Crippen LogP contribution in [0.4, 0.5) is 10.1 Å². The summed E-state index contributed by atoms with van der Waals surface area (Å²) in [4.78, 5) is 1.63. The molecular formula is C8H8ClFN. The Bertz CT molecular complexity index is 240. The van der Waals surface area contributed by atoms with E-state index in [1.165, 1.54) is 6.07 Å². The van der Waals surface area contributed by atoms with E-state index in [1.54, 1.807) is 25.1 Å². The minimum atomic E-state index is -0.345. The fourth-order valence-corrected chi connectivity index (χ4v) is 1.19. The molecule has 1 aromatic rings. The second kappa shape index (κ2) is 3.09. The molecule has 0 fully saturated rings. The first-order valence-corrected chi connectivity index (χ1v) is 3.53. The fourth-order valence-electron chi connectivity index (χ4n) is 0.866. The summed E-state index contributed by atoms with van der Waals surface area (Å²) in [6.45, 7) is 0. The van der Waals surface area contributed by atoms with Gasteiger partial charge in [-0.25, -0.2) is 4.39 Å². The van der Waals surface area contributed by atoms with Crippen LogP contribution >= 0.6 is 11.6 Å². The molecule has 0 amide bonds. The first-order chi connectivity index (χ1) is 5.13. The Morgan fingerprint density at radius 2 is 2.09 bits per heavy atom. The summed E-state index contributed by atoms with van der Waals surface area (Å²) in [5, 5.41) is 0.384. The van der Waals surface area contributed by atoms with Gasteiger partial charge in [0.05, 0.1) is 10.7 Å². The van der Waals surface area contributed by atoms with Crippen LogP contribution in [0.1, 0.15) is 0 Å². The third-order valence-corrected chi connectivity index (χ3v) is 1.61. The molecule has 0 atom stereocenters. The van der Waals surface area contributed by atoms with Crippen molar-refractivity contribution in [1.29, 1.82) is 0 Å². The highest BCUT2D eigenvalue weighted by molar-refractivity contribution is 6.33. The Morgan fingerprint density at radius 1 is 1.45 bits per heavy atom. The Labute approximate surface area is 70.4 Å². The van der Waals surface area contributed by atoms with Gasteiger partial charge < -0.3 is 4.90 Å².